The molecule has 0 fully saturated rings. The molecule has 1 unspecified atom stereocenters. The molecule has 0 spiro atoms. The predicted octanol–water partition coefficient (Wildman–Crippen LogP) is 3.70. The van der Waals surface area contributed by atoms with E-state index in [1.165, 1.54) is 18.5 Å². The smallest absolute Gasteiger partial charge is 0.435 e. The fraction of sp³-hybridized carbons (Fsp3) is 0.444. The van der Waals surface area contributed by atoms with Crippen LogP contribution in [0.4, 0.5) is 19.0 Å². The number of carboxylic acids is 1. The van der Waals surface area contributed by atoms with Gasteiger partial charge in [-0.3, -0.25) is 4.79 Å². The molecular formula is C18H20F3N5O2. The van der Waals surface area contributed by atoms with Crippen molar-refractivity contribution in [3.63, 3.8) is 0 Å². The van der Waals surface area contributed by atoms with Gasteiger partial charge in [-0.15, -0.1) is 0 Å². The van der Waals surface area contributed by atoms with Gasteiger partial charge in [0.15, 0.2) is 5.69 Å². The van der Waals surface area contributed by atoms with E-state index in [0.29, 0.717) is 24.8 Å². The molecule has 7 nitrogen and oxygen atoms in total. The fourth-order valence-corrected chi connectivity index (χ4v) is 3.60. The highest BCUT2D eigenvalue weighted by Gasteiger charge is 2.42. The molecule has 0 aromatic carbocycles. The highest BCUT2D eigenvalue weighted by atomic mass is 19.4. The number of alkyl halides is 3. The van der Waals surface area contributed by atoms with E-state index in [1.54, 1.807) is 6.08 Å². The van der Waals surface area contributed by atoms with E-state index in [1.807, 2.05) is 6.92 Å². The minimum Gasteiger partial charge on any atom is -0.481 e. The highest BCUT2D eigenvalue weighted by Crippen LogP contribution is 2.47. The Labute approximate surface area is 159 Å². The Morgan fingerprint density at radius 1 is 1.36 bits per heavy atom. The number of allylic oxidation sites excluding steroid dienone is 2. The van der Waals surface area contributed by atoms with Crippen molar-refractivity contribution in [1.82, 2.24) is 19.7 Å². The van der Waals surface area contributed by atoms with Crippen molar-refractivity contribution in [3.05, 3.63) is 35.8 Å². The summed E-state index contributed by atoms with van der Waals surface area (Å²) in [4.78, 5) is 19.0. The van der Waals surface area contributed by atoms with Crippen LogP contribution in [-0.2, 0) is 11.0 Å². The van der Waals surface area contributed by atoms with Gasteiger partial charge in [-0.1, -0.05) is 13.0 Å². The molecule has 150 valence electrons. The van der Waals surface area contributed by atoms with Gasteiger partial charge in [0.1, 0.15) is 5.82 Å². The lowest BCUT2D eigenvalue weighted by molar-refractivity contribution is -0.141. The lowest BCUT2D eigenvalue weighted by atomic mass is 9.70. The highest BCUT2D eigenvalue weighted by molar-refractivity contribution is 5.77. The second-order valence-corrected chi connectivity index (χ2v) is 6.92. The second kappa shape index (κ2) is 7.25. The monoisotopic (exact) mass is 395 g/mol. The number of hydrogen-bond acceptors (Lipinski definition) is 5. The molecule has 0 saturated carbocycles. The third kappa shape index (κ3) is 3.71. The Balaban J connectivity index is 2.06. The lowest BCUT2D eigenvalue weighted by Gasteiger charge is -2.34. The van der Waals surface area contributed by atoms with Crippen molar-refractivity contribution in [2.45, 2.75) is 45.2 Å². The summed E-state index contributed by atoms with van der Waals surface area (Å²) in [5, 5.41) is 12.8. The zero-order valence-corrected chi connectivity index (χ0v) is 15.2. The molecule has 0 saturated heterocycles. The van der Waals surface area contributed by atoms with Crippen LogP contribution in [0.25, 0.3) is 11.5 Å². The predicted molar refractivity (Wildman–Crippen MR) is 95.4 cm³/mol. The molecular weight excluding hydrogens is 375 g/mol. The number of carbonyl (C=O) groups is 1. The van der Waals surface area contributed by atoms with E-state index >= 15 is 0 Å². The topological polar surface area (TPSA) is 107 Å². The SMILES string of the molecule is CCC1(CC(=O)O)CC=C(c2c(C(F)(F)F)nn(-c3ncccn3)c2N)CC1. The molecule has 3 N–H and O–H groups in total. The van der Waals surface area contributed by atoms with E-state index in [0.717, 1.165) is 4.68 Å². The van der Waals surface area contributed by atoms with Gasteiger partial charge in [0.25, 0.3) is 5.95 Å². The average molecular weight is 395 g/mol. The molecule has 2 heterocycles. The maximum atomic E-state index is 13.6. The first-order valence-corrected chi connectivity index (χ1v) is 8.81. The number of nitrogens with zero attached hydrogens (tertiary/aromatic N) is 4. The first-order chi connectivity index (χ1) is 13.2. The fourth-order valence-electron chi connectivity index (χ4n) is 3.60. The van der Waals surface area contributed by atoms with Crippen LogP contribution in [0.15, 0.2) is 24.5 Å². The van der Waals surface area contributed by atoms with Gasteiger partial charge in [0, 0.05) is 12.4 Å². The molecule has 1 aliphatic carbocycles. The molecule has 3 rings (SSSR count). The quantitative estimate of drug-likeness (QED) is 0.799. The number of nitrogen functional groups attached to an aromatic ring is 1. The van der Waals surface area contributed by atoms with E-state index in [9.17, 15) is 18.0 Å². The zero-order valence-electron chi connectivity index (χ0n) is 15.2. The van der Waals surface area contributed by atoms with Gasteiger partial charge in [0.2, 0.25) is 0 Å². The summed E-state index contributed by atoms with van der Waals surface area (Å²) in [5.41, 5.74) is 4.72. The van der Waals surface area contributed by atoms with Crippen LogP contribution in [0.3, 0.4) is 0 Å². The number of aliphatic carboxylic acids is 1. The molecule has 0 amide bonds. The van der Waals surface area contributed by atoms with E-state index in [4.69, 9.17) is 10.8 Å². The Hall–Kier alpha value is -2.91. The average Bonchev–Trinajstić information content (AvgIpc) is 3.00. The van der Waals surface area contributed by atoms with Crippen molar-refractivity contribution >= 4 is 17.4 Å². The molecule has 0 radical (unpaired) electrons. The summed E-state index contributed by atoms with van der Waals surface area (Å²) >= 11 is 0. The second-order valence-electron chi connectivity index (χ2n) is 6.92. The third-order valence-corrected chi connectivity index (χ3v) is 5.23. The van der Waals surface area contributed by atoms with Crippen LogP contribution in [0.2, 0.25) is 0 Å². The lowest BCUT2D eigenvalue weighted by Crippen LogP contribution is -2.26. The number of halogens is 3. The Bertz CT molecular complexity index is 908. The summed E-state index contributed by atoms with van der Waals surface area (Å²) in [6.07, 6.45) is 1.46. The summed E-state index contributed by atoms with van der Waals surface area (Å²) in [5.74, 6) is -1.16. The summed E-state index contributed by atoms with van der Waals surface area (Å²) in [7, 11) is 0. The van der Waals surface area contributed by atoms with Gasteiger partial charge in [-0.05, 0) is 42.7 Å². The summed E-state index contributed by atoms with van der Waals surface area (Å²) < 4.78 is 41.8. The minimum absolute atomic E-state index is 0.0218. The number of aromatic nitrogens is 4. The van der Waals surface area contributed by atoms with Gasteiger partial charge in [-0.2, -0.15) is 23.0 Å². The normalized spacial score (nSPS) is 20.1. The first-order valence-electron chi connectivity index (χ1n) is 8.81. The van der Waals surface area contributed by atoms with Crippen LogP contribution in [0.1, 0.15) is 50.3 Å². The maximum absolute atomic E-state index is 13.6. The van der Waals surface area contributed by atoms with Gasteiger partial charge < -0.3 is 10.8 Å². The minimum atomic E-state index is -4.70. The van der Waals surface area contributed by atoms with Crippen LogP contribution in [0.5, 0.6) is 0 Å². The van der Waals surface area contributed by atoms with Crippen LogP contribution >= 0.6 is 0 Å². The molecule has 10 heteroatoms. The van der Waals surface area contributed by atoms with Gasteiger partial charge in [-0.25, -0.2) is 9.97 Å². The molecule has 1 atom stereocenters. The van der Waals surface area contributed by atoms with Crippen molar-refractivity contribution in [2.75, 3.05) is 5.73 Å². The Morgan fingerprint density at radius 3 is 2.54 bits per heavy atom. The summed E-state index contributed by atoms with van der Waals surface area (Å²) in [6, 6.07) is 1.53. The molecule has 0 aliphatic heterocycles. The maximum Gasteiger partial charge on any atom is 0.435 e. The first kappa shape index (κ1) is 19.8. The van der Waals surface area contributed by atoms with Gasteiger partial charge >= 0.3 is 12.1 Å². The summed E-state index contributed by atoms with van der Waals surface area (Å²) in [6.45, 7) is 1.89. The van der Waals surface area contributed by atoms with Crippen molar-refractivity contribution in [1.29, 1.82) is 0 Å². The number of hydrogen-bond donors (Lipinski definition) is 2. The largest absolute Gasteiger partial charge is 0.481 e. The number of anilines is 1. The zero-order chi connectivity index (χ0) is 20.5. The molecule has 2 aromatic rings. The van der Waals surface area contributed by atoms with Crippen LogP contribution in [-0.4, -0.2) is 30.8 Å². The van der Waals surface area contributed by atoms with E-state index in [-0.39, 0.29) is 30.2 Å². The number of rotatable bonds is 5. The van der Waals surface area contributed by atoms with Crippen molar-refractivity contribution in [3.8, 4) is 5.95 Å². The third-order valence-electron chi connectivity index (χ3n) is 5.23. The Morgan fingerprint density at radius 2 is 2.04 bits per heavy atom. The van der Waals surface area contributed by atoms with Gasteiger partial charge in [0.05, 0.1) is 12.0 Å². The number of nitrogens with two attached hydrogens (primary N) is 1. The van der Waals surface area contributed by atoms with E-state index < -0.39 is 23.3 Å². The van der Waals surface area contributed by atoms with E-state index in [2.05, 4.69) is 15.1 Å². The molecule has 0 bridgehead atoms. The van der Waals surface area contributed by atoms with Crippen LogP contribution in [0, 0.1) is 5.41 Å². The molecule has 28 heavy (non-hydrogen) atoms. The van der Waals surface area contributed by atoms with Crippen LogP contribution < -0.4 is 5.73 Å². The Kier molecular flexibility index (Phi) is 5.14. The number of carboxylic acid groups (broad SMARTS) is 1. The van der Waals surface area contributed by atoms with Crippen molar-refractivity contribution < 1.29 is 23.1 Å². The molecule has 2 aromatic heterocycles. The van der Waals surface area contributed by atoms with Crippen molar-refractivity contribution in [2.24, 2.45) is 5.41 Å². The standard InChI is InChI=1S/C18H20F3N5O2/c1-2-17(10-12(27)28)6-4-11(5-7-17)13-14(18(19,20)21)25-26(15(13)22)16-23-8-3-9-24-16/h3-4,8-9H,2,5-7,10,22H2,1H3,(H,27,28). The molecule has 1 aliphatic rings.